The molecule has 0 aromatic heterocycles. The molecule has 1 aliphatic heterocycles. The highest BCUT2D eigenvalue weighted by Crippen LogP contribution is 2.25. The minimum atomic E-state index is -0.871. The predicted octanol–water partition coefficient (Wildman–Crippen LogP) is 3.36. The molecular weight excluding hydrogens is 317 g/mol. The molecule has 1 atom stereocenters. The van der Waals surface area contributed by atoms with E-state index in [1.54, 1.807) is 12.1 Å². The largest absolute Gasteiger partial charge is 0.371 e. The first-order valence-corrected chi connectivity index (χ1v) is 7.77. The topological polar surface area (TPSA) is 32.3 Å². The van der Waals surface area contributed by atoms with E-state index in [0.717, 1.165) is 12.5 Å². The van der Waals surface area contributed by atoms with E-state index in [1.807, 2.05) is 4.90 Å². The third-order valence-corrected chi connectivity index (χ3v) is 4.22. The molecule has 0 saturated carbocycles. The van der Waals surface area contributed by atoms with Crippen LogP contribution in [0.2, 0.25) is 0 Å². The second-order valence-electron chi connectivity index (χ2n) is 5.89. The number of halogens is 3. The van der Waals surface area contributed by atoms with E-state index in [9.17, 15) is 18.0 Å². The maximum Gasteiger partial charge on any atom is 0.254 e. The van der Waals surface area contributed by atoms with Crippen LogP contribution in [0, 0.1) is 23.4 Å². The number of hydrogen-bond acceptors (Lipinski definition) is 2. The van der Waals surface area contributed by atoms with Crippen molar-refractivity contribution in [3.05, 3.63) is 65.5 Å². The van der Waals surface area contributed by atoms with Crippen molar-refractivity contribution in [2.24, 2.45) is 5.92 Å². The molecule has 0 unspecified atom stereocenters. The Balaban J connectivity index is 1.56. The maximum atomic E-state index is 13.6. The van der Waals surface area contributed by atoms with E-state index >= 15 is 0 Å². The summed E-state index contributed by atoms with van der Waals surface area (Å²) >= 11 is 0. The first-order chi connectivity index (χ1) is 11.5. The smallest absolute Gasteiger partial charge is 0.254 e. The molecule has 0 radical (unpaired) electrons. The number of benzene rings is 2. The number of carbonyl (C=O) groups excluding carboxylic acids is 1. The molecule has 1 heterocycles. The molecule has 2 aromatic rings. The van der Waals surface area contributed by atoms with Crippen LogP contribution in [0.5, 0.6) is 0 Å². The van der Waals surface area contributed by atoms with Crippen molar-refractivity contribution >= 4 is 11.6 Å². The van der Waals surface area contributed by atoms with Crippen LogP contribution in [0.25, 0.3) is 0 Å². The highest BCUT2D eigenvalue weighted by molar-refractivity contribution is 5.94. The molecule has 1 N–H and O–H groups in total. The summed E-state index contributed by atoms with van der Waals surface area (Å²) in [5.74, 6) is -2.56. The Morgan fingerprint density at radius 3 is 2.62 bits per heavy atom. The lowest BCUT2D eigenvalue weighted by Crippen LogP contribution is -2.31. The monoisotopic (exact) mass is 334 g/mol. The molecule has 0 aliphatic carbocycles. The number of anilines is 1. The summed E-state index contributed by atoms with van der Waals surface area (Å²) in [7, 11) is 0. The zero-order valence-corrected chi connectivity index (χ0v) is 12.9. The Bertz CT molecular complexity index is 751. The summed E-state index contributed by atoms with van der Waals surface area (Å²) in [5.41, 5.74) is 0.643. The van der Waals surface area contributed by atoms with Gasteiger partial charge in [0.05, 0.1) is 5.56 Å². The number of hydrogen-bond donors (Lipinski definition) is 1. The lowest BCUT2D eigenvalue weighted by Gasteiger charge is -2.19. The van der Waals surface area contributed by atoms with E-state index in [-0.39, 0.29) is 11.5 Å². The highest BCUT2D eigenvalue weighted by atomic mass is 19.2. The van der Waals surface area contributed by atoms with Crippen LogP contribution in [0.4, 0.5) is 18.9 Å². The van der Waals surface area contributed by atoms with Gasteiger partial charge in [-0.25, -0.2) is 13.2 Å². The summed E-state index contributed by atoms with van der Waals surface area (Å²) in [4.78, 5) is 13.9. The fraction of sp³-hybridized carbons (Fsp3) is 0.278. The van der Waals surface area contributed by atoms with Crippen LogP contribution in [-0.2, 0) is 0 Å². The predicted molar refractivity (Wildman–Crippen MR) is 85.4 cm³/mol. The molecule has 0 bridgehead atoms. The Morgan fingerprint density at radius 2 is 1.88 bits per heavy atom. The molecule has 24 heavy (non-hydrogen) atoms. The number of amides is 1. The van der Waals surface area contributed by atoms with Gasteiger partial charge in [0.25, 0.3) is 5.91 Å². The standard InChI is InChI=1S/C18H17F3N2O/c19-15-4-2-1-3-14(15)18(24)22-10-12-7-8-23(11-12)13-5-6-16(20)17(21)9-13/h1-6,9,12H,7-8,10-11H2,(H,22,24)/t12-/m1/s1. The number of rotatable bonds is 4. The molecule has 1 aliphatic rings. The van der Waals surface area contributed by atoms with E-state index in [0.29, 0.717) is 25.3 Å². The summed E-state index contributed by atoms with van der Waals surface area (Å²) in [6.45, 7) is 1.74. The molecule has 0 spiro atoms. The van der Waals surface area contributed by atoms with E-state index < -0.39 is 23.4 Å². The lowest BCUT2D eigenvalue weighted by molar-refractivity contribution is 0.0944. The average molecular weight is 334 g/mol. The first-order valence-electron chi connectivity index (χ1n) is 7.77. The van der Waals surface area contributed by atoms with Crippen molar-refractivity contribution in [1.82, 2.24) is 5.32 Å². The van der Waals surface area contributed by atoms with Gasteiger partial charge >= 0.3 is 0 Å². The van der Waals surface area contributed by atoms with Crippen LogP contribution in [0.1, 0.15) is 16.8 Å². The van der Waals surface area contributed by atoms with Gasteiger partial charge < -0.3 is 10.2 Å². The van der Waals surface area contributed by atoms with Gasteiger partial charge in [-0.1, -0.05) is 12.1 Å². The Labute approximate surface area is 138 Å². The molecule has 2 aromatic carbocycles. The van der Waals surface area contributed by atoms with Gasteiger partial charge in [-0.2, -0.15) is 0 Å². The molecule has 1 fully saturated rings. The van der Waals surface area contributed by atoms with Gasteiger partial charge in [-0.3, -0.25) is 4.79 Å². The molecular formula is C18H17F3N2O. The van der Waals surface area contributed by atoms with Gasteiger partial charge in [0.15, 0.2) is 11.6 Å². The number of carbonyl (C=O) groups is 1. The van der Waals surface area contributed by atoms with Gasteiger partial charge in [0, 0.05) is 31.4 Å². The minimum absolute atomic E-state index is 0.0213. The van der Waals surface area contributed by atoms with Crippen LogP contribution < -0.4 is 10.2 Å². The van der Waals surface area contributed by atoms with Gasteiger partial charge in [0.2, 0.25) is 0 Å². The summed E-state index contributed by atoms with van der Waals surface area (Å²) in [6.07, 6.45) is 0.816. The summed E-state index contributed by atoms with van der Waals surface area (Å²) in [5, 5.41) is 2.73. The maximum absolute atomic E-state index is 13.6. The van der Waals surface area contributed by atoms with Crippen molar-refractivity contribution in [2.45, 2.75) is 6.42 Å². The quantitative estimate of drug-likeness (QED) is 0.930. The fourth-order valence-electron chi connectivity index (χ4n) is 2.89. The highest BCUT2D eigenvalue weighted by Gasteiger charge is 2.24. The van der Waals surface area contributed by atoms with E-state index in [4.69, 9.17) is 0 Å². The van der Waals surface area contributed by atoms with Crippen molar-refractivity contribution in [3.8, 4) is 0 Å². The summed E-state index contributed by atoms with van der Waals surface area (Å²) < 4.78 is 39.9. The van der Waals surface area contributed by atoms with Gasteiger partial charge in [-0.15, -0.1) is 0 Å². The molecule has 3 rings (SSSR count). The van der Waals surface area contributed by atoms with Crippen molar-refractivity contribution in [3.63, 3.8) is 0 Å². The fourth-order valence-corrected chi connectivity index (χ4v) is 2.89. The summed E-state index contributed by atoms with van der Waals surface area (Å²) in [6, 6.07) is 9.65. The van der Waals surface area contributed by atoms with Crippen molar-refractivity contribution in [1.29, 1.82) is 0 Å². The molecule has 3 nitrogen and oxygen atoms in total. The third-order valence-electron chi connectivity index (χ3n) is 4.22. The average Bonchev–Trinajstić information content (AvgIpc) is 3.04. The van der Waals surface area contributed by atoms with E-state index in [2.05, 4.69) is 5.32 Å². The molecule has 1 saturated heterocycles. The van der Waals surface area contributed by atoms with Crippen LogP contribution in [0.3, 0.4) is 0 Å². The minimum Gasteiger partial charge on any atom is -0.371 e. The van der Waals surface area contributed by atoms with Crippen LogP contribution >= 0.6 is 0 Å². The van der Waals surface area contributed by atoms with Crippen molar-refractivity contribution in [2.75, 3.05) is 24.5 Å². The molecule has 126 valence electrons. The molecule has 1 amide bonds. The normalized spacial score (nSPS) is 17.1. The number of nitrogens with zero attached hydrogens (tertiary/aromatic N) is 1. The zero-order chi connectivity index (χ0) is 17.1. The number of nitrogens with one attached hydrogen (secondary N) is 1. The molecule has 6 heteroatoms. The lowest BCUT2D eigenvalue weighted by atomic mass is 10.1. The second-order valence-corrected chi connectivity index (χ2v) is 5.89. The third kappa shape index (κ3) is 3.53. The van der Waals surface area contributed by atoms with Gasteiger partial charge in [-0.05, 0) is 36.6 Å². The Hall–Kier alpha value is -2.50. The Morgan fingerprint density at radius 1 is 1.08 bits per heavy atom. The Kier molecular flexibility index (Phi) is 4.74. The van der Waals surface area contributed by atoms with Crippen molar-refractivity contribution < 1.29 is 18.0 Å². The van der Waals surface area contributed by atoms with Crippen LogP contribution in [-0.4, -0.2) is 25.5 Å². The zero-order valence-electron chi connectivity index (χ0n) is 12.9. The second kappa shape index (κ2) is 6.95. The van der Waals surface area contributed by atoms with Gasteiger partial charge in [0.1, 0.15) is 5.82 Å². The van der Waals surface area contributed by atoms with Crippen LogP contribution in [0.15, 0.2) is 42.5 Å². The first kappa shape index (κ1) is 16.4. The SMILES string of the molecule is O=C(NC[C@H]1CCN(c2ccc(F)c(F)c2)C1)c1ccccc1F. The van der Waals surface area contributed by atoms with E-state index in [1.165, 1.54) is 24.3 Å².